The number of nitrogens with zero attached hydrogens (tertiary/aromatic N) is 2. The predicted octanol–water partition coefficient (Wildman–Crippen LogP) is 4.34. The third-order valence-electron chi connectivity index (χ3n) is 5.54. The van der Waals surface area contributed by atoms with Gasteiger partial charge < -0.3 is 15.2 Å². The molecule has 0 bridgehead atoms. The molecule has 0 fully saturated rings. The second-order valence-corrected chi connectivity index (χ2v) is 8.57. The molecule has 3 aromatic rings. The molecule has 0 saturated carbocycles. The molecule has 158 valence electrons. The Morgan fingerprint density at radius 2 is 1.90 bits per heavy atom. The van der Waals surface area contributed by atoms with Gasteiger partial charge in [0, 0.05) is 33.8 Å². The molecule has 6 nitrogen and oxygen atoms in total. The van der Waals surface area contributed by atoms with Gasteiger partial charge in [-0.1, -0.05) is 29.3 Å². The molecule has 2 heterocycles. The Kier molecular flexibility index (Phi) is 5.22. The van der Waals surface area contributed by atoms with Crippen LogP contribution in [0.5, 0.6) is 5.75 Å². The lowest BCUT2D eigenvalue weighted by Crippen LogP contribution is -2.47. The monoisotopic (exact) mass is 455 g/mol. The van der Waals surface area contributed by atoms with Gasteiger partial charge in [0.2, 0.25) is 0 Å². The number of amides is 1. The van der Waals surface area contributed by atoms with Crippen LogP contribution in [0.3, 0.4) is 0 Å². The third kappa shape index (κ3) is 4.06. The number of aliphatic hydroxyl groups excluding tert-OH is 1. The second-order valence-electron chi connectivity index (χ2n) is 7.70. The molecule has 1 aliphatic carbocycles. The first kappa shape index (κ1) is 20.1. The van der Waals surface area contributed by atoms with Crippen LogP contribution in [-0.4, -0.2) is 32.9 Å². The molecule has 8 heteroatoms. The van der Waals surface area contributed by atoms with Crippen LogP contribution < -0.4 is 10.1 Å². The Morgan fingerprint density at radius 3 is 2.68 bits per heavy atom. The van der Waals surface area contributed by atoms with Crippen molar-refractivity contribution in [3.05, 3.63) is 82.1 Å². The minimum atomic E-state index is -0.788. The van der Waals surface area contributed by atoms with E-state index >= 15 is 0 Å². The first-order valence-electron chi connectivity index (χ1n) is 9.92. The summed E-state index contributed by atoms with van der Waals surface area (Å²) in [7, 11) is 0. The molecule has 1 aromatic heterocycles. The number of halogens is 2. The van der Waals surface area contributed by atoms with Gasteiger partial charge in [0.1, 0.15) is 5.75 Å². The fourth-order valence-electron chi connectivity index (χ4n) is 3.83. The Balaban J connectivity index is 1.21. The molecular weight excluding hydrogens is 437 g/mol. The van der Waals surface area contributed by atoms with E-state index in [2.05, 4.69) is 10.4 Å². The van der Waals surface area contributed by atoms with Gasteiger partial charge in [0.05, 0.1) is 24.0 Å². The number of carbonyl (C=O) groups is 1. The van der Waals surface area contributed by atoms with Crippen molar-refractivity contribution in [2.45, 2.75) is 31.1 Å². The van der Waals surface area contributed by atoms with Crippen LogP contribution in [0.4, 0.5) is 0 Å². The van der Waals surface area contributed by atoms with E-state index in [1.54, 1.807) is 29.1 Å². The Hall–Kier alpha value is -2.80. The van der Waals surface area contributed by atoms with Gasteiger partial charge in [-0.25, -0.2) is 4.68 Å². The highest BCUT2D eigenvalue weighted by Gasteiger charge is 2.34. The van der Waals surface area contributed by atoms with Crippen molar-refractivity contribution in [2.24, 2.45) is 0 Å². The second kappa shape index (κ2) is 8.04. The minimum Gasteiger partial charge on any atom is -0.480 e. The number of hydrogen-bond acceptors (Lipinski definition) is 4. The van der Waals surface area contributed by atoms with Gasteiger partial charge >= 0.3 is 0 Å². The molecule has 1 amide bonds. The van der Waals surface area contributed by atoms with Crippen LogP contribution in [0.2, 0.25) is 10.0 Å². The molecular formula is C23H19Cl2N3O3. The summed E-state index contributed by atoms with van der Waals surface area (Å²) in [6.45, 7) is 0. The third-order valence-corrected chi connectivity index (χ3v) is 6.03. The molecule has 0 saturated heterocycles. The van der Waals surface area contributed by atoms with E-state index in [0.717, 1.165) is 16.8 Å². The van der Waals surface area contributed by atoms with Crippen molar-refractivity contribution >= 4 is 34.7 Å². The molecule has 3 atom stereocenters. The summed E-state index contributed by atoms with van der Waals surface area (Å²) in [6.07, 6.45) is 5.14. The number of ether oxygens (including phenoxy) is 1. The first-order valence-corrected chi connectivity index (χ1v) is 10.7. The highest BCUT2D eigenvalue weighted by molar-refractivity contribution is 6.30. The minimum absolute atomic E-state index is 0.0752. The molecule has 0 radical (unpaired) electrons. The SMILES string of the molecule is O=C(NC1C=C(c2cnn(-c3ccc(Cl)cc3)c2)C1)[C@@H]1C[C@@H](O)c2cc(Cl)ccc2O1. The van der Waals surface area contributed by atoms with Crippen LogP contribution in [0, 0.1) is 0 Å². The fourth-order valence-corrected chi connectivity index (χ4v) is 4.14. The predicted molar refractivity (Wildman–Crippen MR) is 119 cm³/mol. The average molecular weight is 456 g/mol. The first-order chi connectivity index (χ1) is 15.0. The number of rotatable bonds is 4. The Labute approximate surface area is 189 Å². The van der Waals surface area contributed by atoms with Crippen molar-refractivity contribution in [1.82, 2.24) is 15.1 Å². The lowest BCUT2D eigenvalue weighted by Gasteiger charge is -2.32. The number of fused-ring (bicyclic) bond motifs is 1. The van der Waals surface area contributed by atoms with Crippen LogP contribution >= 0.6 is 23.2 Å². The van der Waals surface area contributed by atoms with Gasteiger partial charge in [-0.05, 0) is 54.5 Å². The van der Waals surface area contributed by atoms with Crippen molar-refractivity contribution in [3.63, 3.8) is 0 Å². The highest BCUT2D eigenvalue weighted by Crippen LogP contribution is 2.37. The summed E-state index contributed by atoms with van der Waals surface area (Å²) in [4.78, 5) is 12.7. The van der Waals surface area contributed by atoms with E-state index in [4.69, 9.17) is 27.9 Å². The van der Waals surface area contributed by atoms with Gasteiger partial charge in [-0.15, -0.1) is 0 Å². The molecule has 2 aromatic carbocycles. The quantitative estimate of drug-likeness (QED) is 0.613. The van der Waals surface area contributed by atoms with Gasteiger partial charge in [-0.3, -0.25) is 4.79 Å². The van der Waals surface area contributed by atoms with Crippen LogP contribution in [0.1, 0.15) is 30.1 Å². The van der Waals surface area contributed by atoms with E-state index in [-0.39, 0.29) is 18.4 Å². The van der Waals surface area contributed by atoms with Crippen molar-refractivity contribution < 1.29 is 14.6 Å². The molecule has 5 rings (SSSR count). The summed E-state index contributed by atoms with van der Waals surface area (Å²) < 4.78 is 7.58. The standard InChI is InChI=1S/C23H19Cl2N3O3/c24-15-1-4-18(5-2-15)28-12-14(11-26-28)13-7-17(8-13)27-23(30)22-10-20(29)19-9-16(25)3-6-21(19)31-22/h1-7,9,11-12,17,20,22,29H,8,10H2,(H,27,30)/t17?,20-,22+/m1/s1. The molecule has 2 aliphatic rings. The van der Waals surface area contributed by atoms with E-state index < -0.39 is 12.2 Å². The molecule has 1 aliphatic heterocycles. The molecule has 2 N–H and O–H groups in total. The van der Waals surface area contributed by atoms with Gasteiger partial charge in [-0.2, -0.15) is 5.10 Å². The zero-order chi connectivity index (χ0) is 21.5. The van der Waals surface area contributed by atoms with Crippen molar-refractivity contribution in [3.8, 4) is 11.4 Å². The fraction of sp³-hybridized carbons (Fsp3) is 0.217. The zero-order valence-corrected chi connectivity index (χ0v) is 17.8. The van der Waals surface area contributed by atoms with Crippen LogP contribution in [-0.2, 0) is 4.79 Å². The number of aromatic nitrogens is 2. The molecule has 1 unspecified atom stereocenters. The summed E-state index contributed by atoms with van der Waals surface area (Å²) in [6, 6.07) is 12.4. The summed E-state index contributed by atoms with van der Waals surface area (Å²) in [5, 5.41) is 18.9. The number of hydrogen-bond donors (Lipinski definition) is 2. The smallest absolute Gasteiger partial charge is 0.261 e. The van der Waals surface area contributed by atoms with E-state index in [1.165, 1.54) is 0 Å². The maximum atomic E-state index is 12.7. The van der Waals surface area contributed by atoms with Crippen LogP contribution in [0.25, 0.3) is 11.3 Å². The lowest BCUT2D eigenvalue weighted by atomic mass is 9.88. The zero-order valence-electron chi connectivity index (χ0n) is 16.3. The molecule has 31 heavy (non-hydrogen) atoms. The maximum absolute atomic E-state index is 12.7. The molecule has 0 spiro atoms. The average Bonchev–Trinajstić information content (AvgIpc) is 3.20. The van der Waals surface area contributed by atoms with Gasteiger partial charge in [0.15, 0.2) is 6.10 Å². The Bertz CT molecular complexity index is 1170. The van der Waals surface area contributed by atoms with Crippen molar-refractivity contribution in [2.75, 3.05) is 0 Å². The normalized spacial score (nSPS) is 22.0. The lowest BCUT2D eigenvalue weighted by molar-refractivity contribution is -0.130. The summed E-state index contributed by atoms with van der Waals surface area (Å²) in [5.41, 5.74) is 3.67. The number of aliphatic hydroxyl groups is 1. The largest absolute Gasteiger partial charge is 0.480 e. The summed E-state index contributed by atoms with van der Waals surface area (Å²) in [5.74, 6) is 0.250. The number of benzene rings is 2. The summed E-state index contributed by atoms with van der Waals surface area (Å²) >= 11 is 11.9. The van der Waals surface area contributed by atoms with E-state index in [1.807, 2.05) is 36.5 Å². The highest BCUT2D eigenvalue weighted by atomic mass is 35.5. The number of carbonyl (C=O) groups excluding carboxylic acids is 1. The van der Waals surface area contributed by atoms with Crippen molar-refractivity contribution in [1.29, 1.82) is 0 Å². The number of nitrogens with one attached hydrogen (secondary N) is 1. The topological polar surface area (TPSA) is 76.4 Å². The Morgan fingerprint density at radius 1 is 1.16 bits per heavy atom. The van der Waals surface area contributed by atoms with E-state index in [0.29, 0.717) is 27.8 Å². The van der Waals surface area contributed by atoms with Gasteiger partial charge in [0.25, 0.3) is 5.91 Å². The van der Waals surface area contributed by atoms with Crippen LogP contribution in [0.15, 0.2) is 60.9 Å². The van der Waals surface area contributed by atoms with E-state index in [9.17, 15) is 9.90 Å². The maximum Gasteiger partial charge on any atom is 0.261 e.